The van der Waals surface area contributed by atoms with Crippen LogP contribution in [-0.4, -0.2) is 27.9 Å². The number of nitriles is 1. The molecule has 32 heavy (non-hydrogen) atoms. The van der Waals surface area contributed by atoms with E-state index >= 15 is 0 Å². The third-order valence-corrected chi connectivity index (χ3v) is 6.66. The van der Waals surface area contributed by atoms with Gasteiger partial charge in [-0.15, -0.1) is 0 Å². The molecule has 1 saturated heterocycles. The van der Waals surface area contributed by atoms with Gasteiger partial charge in [0, 0.05) is 43.5 Å². The number of fused-ring (bicyclic) bond motifs is 1. The molecule has 1 aliphatic rings. The van der Waals surface area contributed by atoms with E-state index in [0.29, 0.717) is 5.56 Å². The number of nitrogens with zero attached hydrogens (tertiary/aromatic N) is 5. The SMILES string of the molecule is CCC1CCN(c2cc(-c3ccc(C#N)cc3)c(-c3ccc4cn(C)nc4c3)cn2)CC1. The lowest BCUT2D eigenvalue weighted by Crippen LogP contribution is -2.34. The minimum absolute atomic E-state index is 0.668. The largest absolute Gasteiger partial charge is 0.357 e. The van der Waals surface area contributed by atoms with Crippen LogP contribution in [0.1, 0.15) is 31.7 Å². The molecule has 4 aromatic rings. The van der Waals surface area contributed by atoms with Crippen molar-refractivity contribution in [3.8, 4) is 28.3 Å². The summed E-state index contributed by atoms with van der Waals surface area (Å²) in [6.07, 6.45) is 7.73. The van der Waals surface area contributed by atoms with Gasteiger partial charge in [0.15, 0.2) is 0 Å². The maximum absolute atomic E-state index is 9.21. The van der Waals surface area contributed by atoms with Gasteiger partial charge >= 0.3 is 0 Å². The van der Waals surface area contributed by atoms with Crippen molar-refractivity contribution in [2.75, 3.05) is 18.0 Å². The molecule has 0 unspecified atom stereocenters. The van der Waals surface area contributed by atoms with Crippen LogP contribution in [0, 0.1) is 17.2 Å². The fraction of sp³-hybridized carbons (Fsp3) is 0.296. The molecule has 5 nitrogen and oxygen atoms in total. The lowest BCUT2D eigenvalue weighted by atomic mass is 9.93. The van der Waals surface area contributed by atoms with E-state index in [1.54, 1.807) is 0 Å². The Kier molecular flexibility index (Phi) is 5.36. The molecule has 0 saturated carbocycles. The highest BCUT2D eigenvalue weighted by Crippen LogP contribution is 2.36. The van der Waals surface area contributed by atoms with Crippen LogP contribution in [-0.2, 0) is 7.05 Å². The van der Waals surface area contributed by atoms with Crippen LogP contribution in [0.5, 0.6) is 0 Å². The first-order chi connectivity index (χ1) is 15.6. The van der Waals surface area contributed by atoms with Crippen molar-refractivity contribution in [1.82, 2.24) is 14.8 Å². The molecule has 0 bridgehead atoms. The fourth-order valence-electron chi connectivity index (χ4n) is 4.69. The molecule has 0 spiro atoms. The summed E-state index contributed by atoms with van der Waals surface area (Å²) in [5, 5.41) is 14.9. The zero-order chi connectivity index (χ0) is 22.1. The first-order valence-electron chi connectivity index (χ1n) is 11.3. The number of hydrogen-bond donors (Lipinski definition) is 0. The second kappa shape index (κ2) is 8.47. The molecule has 3 heterocycles. The van der Waals surface area contributed by atoms with Gasteiger partial charge in [-0.05, 0) is 59.7 Å². The second-order valence-corrected chi connectivity index (χ2v) is 8.69. The maximum Gasteiger partial charge on any atom is 0.129 e. The Morgan fingerprint density at radius 2 is 1.75 bits per heavy atom. The van der Waals surface area contributed by atoms with Gasteiger partial charge in [-0.25, -0.2) is 4.98 Å². The predicted octanol–water partition coefficient (Wildman–Crippen LogP) is 5.80. The van der Waals surface area contributed by atoms with Gasteiger partial charge in [0.05, 0.1) is 17.1 Å². The molecular formula is C27H27N5. The van der Waals surface area contributed by atoms with Crippen molar-refractivity contribution in [3.63, 3.8) is 0 Å². The number of pyridine rings is 1. The lowest BCUT2D eigenvalue weighted by Gasteiger charge is -2.32. The van der Waals surface area contributed by atoms with Crippen molar-refractivity contribution < 1.29 is 0 Å². The molecule has 2 aromatic carbocycles. The Labute approximate surface area is 188 Å². The van der Waals surface area contributed by atoms with E-state index in [0.717, 1.165) is 58.0 Å². The van der Waals surface area contributed by atoms with E-state index in [1.807, 2.05) is 48.4 Å². The number of anilines is 1. The highest BCUT2D eigenvalue weighted by atomic mass is 15.2. The molecule has 2 aromatic heterocycles. The minimum atomic E-state index is 0.668. The molecule has 1 fully saturated rings. The average Bonchev–Trinajstić information content (AvgIpc) is 3.23. The van der Waals surface area contributed by atoms with Crippen LogP contribution in [0.2, 0.25) is 0 Å². The molecule has 1 aliphatic heterocycles. The molecular weight excluding hydrogens is 394 g/mol. The Morgan fingerprint density at radius 1 is 1.00 bits per heavy atom. The number of piperidine rings is 1. The zero-order valence-electron chi connectivity index (χ0n) is 18.6. The molecule has 160 valence electrons. The number of aryl methyl sites for hydroxylation is 1. The first-order valence-corrected chi connectivity index (χ1v) is 11.3. The van der Waals surface area contributed by atoms with Crippen LogP contribution < -0.4 is 4.90 Å². The first kappa shape index (κ1) is 20.3. The molecule has 5 heteroatoms. The van der Waals surface area contributed by atoms with Crippen molar-refractivity contribution in [2.24, 2.45) is 13.0 Å². The standard InChI is InChI=1S/C27H27N5/c1-3-19-10-12-32(13-11-19)27-15-24(21-6-4-20(16-28)5-7-21)25(17-29-27)22-8-9-23-18-31(2)30-26(23)14-22/h4-9,14-15,17-19H,3,10-13H2,1-2H3. The summed E-state index contributed by atoms with van der Waals surface area (Å²) in [6, 6.07) is 18.6. The zero-order valence-corrected chi connectivity index (χ0v) is 18.6. The molecule has 0 atom stereocenters. The molecule has 0 radical (unpaired) electrons. The maximum atomic E-state index is 9.21. The summed E-state index contributed by atoms with van der Waals surface area (Å²) in [6.45, 7) is 4.39. The molecule has 0 N–H and O–H groups in total. The number of aromatic nitrogens is 3. The third kappa shape index (κ3) is 3.85. The van der Waals surface area contributed by atoms with E-state index in [-0.39, 0.29) is 0 Å². The summed E-state index contributed by atoms with van der Waals surface area (Å²) in [5.41, 5.74) is 6.04. The predicted molar refractivity (Wildman–Crippen MR) is 129 cm³/mol. The molecule has 0 amide bonds. The van der Waals surface area contributed by atoms with Gasteiger partial charge in [0.1, 0.15) is 5.82 Å². The van der Waals surface area contributed by atoms with Gasteiger partial charge in [-0.1, -0.05) is 37.6 Å². The van der Waals surface area contributed by atoms with Gasteiger partial charge in [-0.2, -0.15) is 10.4 Å². The smallest absolute Gasteiger partial charge is 0.129 e. The van der Waals surface area contributed by atoms with Crippen molar-refractivity contribution in [1.29, 1.82) is 5.26 Å². The summed E-state index contributed by atoms with van der Waals surface area (Å²) in [5.74, 6) is 1.86. The fourth-order valence-corrected chi connectivity index (χ4v) is 4.69. The van der Waals surface area contributed by atoms with Crippen molar-refractivity contribution >= 4 is 16.7 Å². The summed E-state index contributed by atoms with van der Waals surface area (Å²) >= 11 is 0. The quantitative estimate of drug-likeness (QED) is 0.418. The van der Waals surface area contributed by atoms with E-state index in [1.165, 1.54) is 19.3 Å². The van der Waals surface area contributed by atoms with Crippen LogP contribution in [0.15, 0.2) is 60.9 Å². The van der Waals surface area contributed by atoms with Crippen LogP contribution in [0.25, 0.3) is 33.2 Å². The normalized spacial score (nSPS) is 14.6. The van der Waals surface area contributed by atoms with E-state index in [4.69, 9.17) is 4.98 Å². The Bertz CT molecular complexity index is 1290. The Balaban J connectivity index is 1.59. The Hall–Kier alpha value is -3.65. The van der Waals surface area contributed by atoms with Crippen LogP contribution in [0.4, 0.5) is 5.82 Å². The Morgan fingerprint density at radius 3 is 2.47 bits per heavy atom. The number of hydrogen-bond acceptors (Lipinski definition) is 4. The third-order valence-electron chi connectivity index (χ3n) is 6.66. The topological polar surface area (TPSA) is 57.7 Å². The van der Waals surface area contributed by atoms with Gasteiger partial charge < -0.3 is 4.90 Å². The van der Waals surface area contributed by atoms with Gasteiger partial charge in [-0.3, -0.25) is 4.68 Å². The van der Waals surface area contributed by atoms with Gasteiger partial charge in [0.25, 0.3) is 0 Å². The van der Waals surface area contributed by atoms with E-state index in [2.05, 4.69) is 47.3 Å². The summed E-state index contributed by atoms with van der Waals surface area (Å²) < 4.78 is 1.84. The highest BCUT2D eigenvalue weighted by Gasteiger charge is 2.20. The molecule has 0 aliphatic carbocycles. The van der Waals surface area contributed by atoms with Gasteiger partial charge in [0.2, 0.25) is 0 Å². The van der Waals surface area contributed by atoms with Crippen LogP contribution in [0.3, 0.4) is 0 Å². The van der Waals surface area contributed by atoms with E-state index < -0.39 is 0 Å². The minimum Gasteiger partial charge on any atom is -0.357 e. The second-order valence-electron chi connectivity index (χ2n) is 8.69. The van der Waals surface area contributed by atoms with Crippen LogP contribution >= 0.6 is 0 Å². The summed E-state index contributed by atoms with van der Waals surface area (Å²) in [4.78, 5) is 7.29. The summed E-state index contributed by atoms with van der Waals surface area (Å²) in [7, 11) is 1.94. The van der Waals surface area contributed by atoms with Crippen molar-refractivity contribution in [2.45, 2.75) is 26.2 Å². The van der Waals surface area contributed by atoms with E-state index in [9.17, 15) is 5.26 Å². The monoisotopic (exact) mass is 421 g/mol. The number of rotatable bonds is 4. The van der Waals surface area contributed by atoms with Crippen molar-refractivity contribution in [3.05, 3.63) is 66.5 Å². The lowest BCUT2D eigenvalue weighted by molar-refractivity contribution is 0.394. The highest BCUT2D eigenvalue weighted by molar-refractivity contribution is 5.90. The average molecular weight is 422 g/mol. The molecule has 5 rings (SSSR count). The number of benzene rings is 2.